The number of fused-ring (bicyclic) bond motifs is 1. The third-order valence-electron chi connectivity index (χ3n) is 4.32. The lowest BCUT2D eigenvalue weighted by molar-refractivity contribution is 0.0996. The van der Waals surface area contributed by atoms with Crippen LogP contribution in [0.2, 0.25) is 0 Å². The monoisotopic (exact) mass is 392 g/mol. The summed E-state index contributed by atoms with van der Waals surface area (Å²) in [5.41, 5.74) is 2.37. The molecule has 2 aromatic heterocycles. The highest BCUT2D eigenvalue weighted by Gasteiger charge is 2.20. The van der Waals surface area contributed by atoms with E-state index in [-0.39, 0.29) is 17.5 Å². The molecule has 4 aromatic rings. The van der Waals surface area contributed by atoms with E-state index in [1.54, 1.807) is 55.6 Å². The average Bonchev–Trinajstić information content (AvgIpc) is 3.35. The Morgan fingerprint density at radius 1 is 1.00 bits per heavy atom. The van der Waals surface area contributed by atoms with Gasteiger partial charge in [-0.3, -0.25) is 9.59 Å². The first-order valence-corrected chi connectivity index (χ1v) is 9.35. The molecule has 2 heterocycles. The molecule has 8 heteroatoms. The van der Waals surface area contributed by atoms with Gasteiger partial charge in [-0.05, 0) is 41.8 Å². The van der Waals surface area contributed by atoms with Crippen molar-refractivity contribution in [2.75, 3.05) is 17.3 Å². The van der Waals surface area contributed by atoms with Crippen molar-refractivity contribution in [3.05, 3.63) is 80.9 Å². The van der Waals surface area contributed by atoms with E-state index < -0.39 is 0 Å². The number of imidazole rings is 1. The number of benzene rings is 2. The summed E-state index contributed by atoms with van der Waals surface area (Å²) in [7, 11) is 1.64. The van der Waals surface area contributed by atoms with Gasteiger partial charge in [0, 0.05) is 12.7 Å². The predicted octanol–water partition coefficient (Wildman–Crippen LogP) is 3.45. The van der Waals surface area contributed by atoms with E-state index in [1.165, 1.54) is 16.2 Å². The molecule has 0 fully saturated rings. The number of nitrogens with one attached hydrogen (secondary N) is 3. The zero-order valence-electron chi connectivity index (χ0n) is 14.9. The number of nitrogens with zero attached hydrogens (tertiary/aromatic N) is 1. The minimum Gasteiger partial charge on any atom is -0.322 e. The largest absolute Gasteiger partial charge is 0.323 e. The van der Waals surface area contributed by atoms with Gasteiger partial charge in [-0.15, -0.1) is 11.3 Å². The number of carbonyl (C=O) groups excluding carboxylic acids is 2. The van der Waals surface area contributed by atoms with Crippen LogP contribution in [0.4, 0.5) is 11.4 Å². The van der Waals surface area contributed by atoms with Gasteiger partial charge in [-0.1, -0.05) is 18.2 Å². The first-order chi connectivity index (χ1) is 13.5. The smallest absolute Gasteiger partial charge is 0.322 e. The highest BCUT2D eigenvalue weighted by molar-refractivity contribution is 7.12. The summed E-state index contributed by atoms with van der Waals surface area (Å²) in [4.78, 5) is 44.3. The first kappa shape index (κ1) is 17.7. The van der Waals surface area contributed by atoms with Crippen LogP contribution in [0.5, 0.6) is 0 Å². The number of aromatic nitrogens is 2. The number of hydrogen-bond acceptors (Lipinski definition) is 4. The van der Waals surface area contributed by atoms with Crippen LogP contribution in [-0.4, -0.2) is 28.8 Å². The number of thiophene rings is 1. The number of para-hydroxylation sites is 1. The van der Waals surface area contributed by atoms with E-state index in [4.69, 9.17) is 0 Å². The highest BCUT2D eigenvalue weighted by Crippen LogP contribution is 2.24. The van der Waals surface area contributed by atoms with Crippen molar-refractivity contribution >= 4 is 45.6 Å². The van der Waals surface area contributed by atoms with Crippen LogP contribution in [0.25, 0.3) is 11.0 Å². The third kappa shape index (κ3) is 3.33. The van der Waals surface area contributed by atoms with Crippen LogP contribution in [0.3, 0.4) is 0 Å². The maximum atomic E-state index is 12.9. The van der Waals surface area contributed by atoms with Crippen LogP contribution in [0.15, 0.2) is 64.8 Å². The molecule has 7 nitrogen and oxygen atoms in total. The van der Waals surface area contributed by atoms with Gasteiger partial charge in [0.05, 0.1) is 27.2 Å². The SMILES string of the molecule is CN(C(=O)c1cccs1)c1ccccc1C(=O)Nc1ccc2[nH]c(=O)[nH]c2c1. The van der Waals surface area contributed by atoms with Crippen LogP contribution < -0.4 is 15.9 Å². The number of anilines is 2. The van der Waals surface area contributed by atoms with Gasteiger partial charge < -0.3 is 20.2 Å². The number of carbonyl (C=O) groups is 2. The second-order valence-electron chi connectivity index (χ2n) is 6.15. The van der Waals surface area contributed by atoms with Gasteiger partial charge in [0.15, 0.2) is 0 Å². The Labute approximate surface area is 163 Å². The van der Waals surface area contributed by atoms with E-state index in [0.29, 0.717) is 32.8 Å². The fraction of sp³-hybridized carbons (Fsp3) is 0.0500. The number of aromatic amines is 2. The van der Waals surface area contributed by atoms with Gasteiger partial charge in [0.25, 0.3) is 11.8 Å². The summed E-state index contributed by atoms with van der Waals surface area (Å²) in [5.74, 6) is -0.528. The zero-order chi connectivity index (χ0) is 19.7. The summed E-state index contributed by atoms with van der Waals surface area (Å²) in [6.45, 7) is 0. The number of amides is 2. The van der Waals surface area contributed by atoms with E-state index in [1.807, 2.05) is 11.4 Å². The summed E-state index contributed by atoms with van der Waals surface area (Å²) in [5, 5.41) is 4.65. The van der Waals surface area contributed by atoms with Gasteiger partial charge in [-0.25, -0.2) is 4.79 Å². The van der Waals surface area contributed by atoms with Crippen molar-refractivity contribution in [2.45, 2.75) is 0 Å². The van der Waals surface area contributed by atoms with E-state index in [9.17, 15) is 14.4 Å². The van der Waals surface area contributed by atoms with Gasteiger partial charge >= 0.3 is 5.69 Å². The molecule has 0 saturated heterocycles. The number of hydrogen-bond donors (Lipinski definition) is 3. The summed E-state index contributed by atoms with van der Waals surface area (Å²) < 4.78 is 0. The predicted molar refractivity (Wildman–Crippen MR) is 110 cm³/mol. The molecule has 0 atom stereocenters. The highest BCUT2D eigenvalue weighted by atomic mass is 32.1. The maximum absolute atomic E-state index is 12.9. The Kier molecular flexibility index (Phi) is 4.54. The molecule has 140 valence electrons. The molecule has 0 unspecified atom stereocenters. The lowest BCUT2D eigenvalue weighted by Crippen LogP contribution is -2.28. The zero-order valence-corrected chi connectivity index (χ0v) is 15.7. The Bertz CT molecular complexity index is 1220. The second kappa shape index (κ2) is 7.16. The molecule has 0 aliphatic heterocycles. The summed E-state index contributed by atoms with van der Waals surface area (Å²) in [6, 6.07) is 15.6. The topological polar surface area (TPSA) is 98.1 Å². The van der Waals surface area contributed by atoms with Crippen molar-refractivity contribution in [1.82, 2.24) is 9.97 Å². The normalized spacial score (nSPS) is 10.8. The van der Waals surface area contributed by atoms with Crippen molar-refractivity contribution in [3.8, 4) is 0 Å². The Balaban J connectivity index is 1.62. The minimum atomic E-state index is -0.348. The molecule has 3 N–H and O–H groups in total. The van der Waals surface area contributed by atoms with E-state index >= 15 is 0 Å². The quantitative estimate of drug-likeness (QED) is 0.496. The Morgan fingerprint density at radius 3 is 2.57 bits per heavy atom. The van der Waals surface area contributed by atoms with Crippen LogP contribution in [0, 0.1) is 0 Å². The van der Waals surface area contributed by atoms with Gasteiger partial charge in [0.1, 0.15) is 0 Å². The molecule has 4 rings (SSSR count). The number of H-pyrrole nitrogens is 2. The Hall–Kier alpha value is -3.65. The molecule has 0 aliphatic rings. The summed E-state index contributed by atoms with van der Waals surface area (Å²) >= 11 is 1.35. The van der Waals surface area contributed by atoms with Crippen molar-refractivity contribution in [2.24, 2.45) is 0 Å². The average molecular weight is 392 g/mol. The second-order valence-corrected chi connectivity index (χ2v) is 7.10. The first-order valence-electron chi connectivity index (χ1n) is 8.47. The molecule has 0 saturated carbocycles. The van der Waals surface area contributed by atoms with Gasteiger partial charge in [0.2, 0.25) is 0 Å². The fourth-order valence-electron chi connectivity index (χ4n) is 2.94. The third-order valence-corrected chi connectivity index (χ3v) is 5.18. The van der Waals surface area contributed by atoms with Crippen LogP contribution in [0.1, 0.15) is 20.0 Å². The molecule has 0 spiro atoms. The van der Waals surface area contributed by atoms with Crippen LogP contribution in [-0.2, 0) is 0 Å². The lowest BCUT2D eigenvalue weighted by Gasteiger charge is -2.20. The van der Waals surface area contributed by atoms with Gasteiger partial charge in [-0.2, -0.15) is 0 Å². The summed E-state index contributed by atoms with van der Waals surface area (Å²) in [6.07, 6.45) is 0. The van der Waals surface area contributed by atoms with Crippen molar-refractivity contribution in [1.29, 1.82) is 0 Å². The minimum absolute atomic E-state index is 0.179. The maximum Gasteiger partial charge on any atom is 0.323 e. The van der Waals surface area contributed by atoms with Crippen molar-refractivity contribution in [3.63, 3.8) is 0 Å². The lowest BCUT2D eigenvalue weighted by atomic mass is 10.1. The molecular weight excluding hydrogens is 376 g/mol. The molecule has 0 radical (unpaired) electrons. The molecule has 0 bridgehead atoms. The molecule has 28 heavy (non-hydrogen) atoms. The molecular formula is C20H16N4O3S. The van der Waals surface area contributed by atoms with Crippen LogP contribution >= 0.6 is 11.3 Å². The Morgan fingerprint density at radius 2 is 1.79 bits per heavy atom. The molecule has 2 aromatic carbocycles. The van der Waals surface area contributed by atoms with Crippen molar-refractivity contribution < 1.29 is 9.59 Å². The standard InChI is InChI=1S/C20H16N4O3S/c1-24(19(26)17-7-4-10-28-17)16-6-3-2-5-13(16)18(25)21-12-8-9-14-15(11-12)23-20(27)22-14/h2-11H,1H3,(H,21,25)(H2,22,23,27). The molecule has 0 aliphatic carbocycles. The van der Waals surface area contributed by atoms with E-state index in [0.717, 1.165) is 0 Å². The fourth-order valence-corrected chi connectivity index (χ4v) is 3.64. The number of rotatable bonds is 4. The molecule has 2 amide bonds. The van der Waals surface area contributed by atoms with E-state index in [2.05, 4.69) is 15.3 Å².